The van der Waals surface area contributed by atoms with E-state index < -0.39 is 0 Å². The SMILES string of the molecule is Cc1ccc([C@@H]2CC(=O)Nc3c(-c4ccc(F)cc4)csc32)cc1. The smallest absolute Gasteiger partial charge is 0.225 e. The molecule has 0 fully saturated rings. The molecule has 0 bridgehead atoms. The van der Waals surface area contributed by atoms with Crippen LogP contribution < -0.4 is 5.32 Å². The normalized spacial score (nSPS) is 16.6. The van der Waals surface area contributed by atoms with Crippen LogP contribution in [0.15, 0.2) is 53.9 Å². The molecular formula is C20H16FNOS. The molecule has 1 amide bonds. The van der Waals surface area contributed by atoms with Gasteiger partial charge < -0.3 is 5.32 Å². The van der Waals surface area contributed by atoms with E-state index in [1.807, 2.05) is 5.38 Å². The molecule has 3 aromatic rings. The molecule has 1 aromatic heterocycles. The van der Waals surface area contributed by atoms with Gasteiger partial charge in [-0.3, -0.25) is 4.79 Å². The van der Waals surface area contributed by atoms with Crippen molar-refractivity contribution in [2.75, 3.05) is 5.32 Å². The number of benzene rings is 2. The summed E-state index contributed by atoms with van der Waals surface area (Å²) in [6, 6.07) is 14.7. The average Bonchev–Trinajstić information content (AvgIpc) is 2.99. The van der Waals surface area contributed by atoms with Gasteiger partial charge in [0, 0.05) is 28.2 Å². The van der Waals surface area contributed by atoms with Crippen LogP contribution in [0.25, 0.3) is 11.1 Å². The minimum absolute atomic E-state index is 0.0230. The third kappa shape index (κ3) is 2.63. The van der Waals surface area contributed by atoms with Crippen molar-refractivity contribution >= 4 is 22.9 Å². The van der Waals surface area contributed by atoms with E-state index in [1.165, 1.54) is 17.7 Å². The van der Waals surface area contributed by atoms with E-state index >= 15 is 0 Å². The number of thiophene rings is 1. The predicted octanol–water partition coefficient (Wildman–Crippen LogP) is 5.34. The molecule has 0 aliphatic carbocycles. The van der Waals surface area contributed by atoms with Crippen LogP contribution in [0.5, 0.6) is 0 Å². The summed E-state index contributed by atoms with van der Waals surface area (Å²) in [6.07, 6.45) is 0.458. The fraction of sp³-hybridized carbons (Fsp3) is 0.150. The van der Waals surface area contributed by atoms with Gasteiger partial charge in [-0.2, -0.15) is 0 Å². The second-order valence-corrected chi connectivity index (χ2v) is 7.02. The van der Waals surface area contributed by atoms with Crippen LogP contribution in [-0.4, -0.2) is 5.91 Å². The second-order valence-electron chi connectivity index (χ2n) is 6.11. The van der Waals surface area contributed by atoms with Crippen LogP contribution in [0.2, 0.25) is 0 Å². The Hall–Kier alpha value is -2.46. The Morgan fingerprint density at radius 1 is 1.08 bits per heavy atom. The van der Waals surface area contributed by atoms with E-state index in [1.54, 1.807) is 23.5 Å². The Balaban J connectivity index is 1.80. The summed E-state index contributed by atoms with van der Waals surface area (Å²) in [5, 5.41) is 5.06. The van der Waals surface area contributed by atoms with E-state index in [-0.39, 0.29) is 17.6 Å². The summed E-state index contributed by atoms with van der Waals surface area (Å²) >= 11 is 1.65. The van der Waals surface area contributed by atoms with Crippen LogP contribution in [0, 0.1) is 12.7 Å². The summed E-state index contributed by atoms with van der Waals surface area (Å²) in [4.78, 5) is 13.4. The largest absolute Gasteiger partial charge is 0.325 e. The Labute approximate surface area is 144 Å². The summed E-state index contributed by atoms with van der Waals surface area (Å²) < 4.78 is 13.2. The third-order valence-corrected chi connectivity index (χ3v) is 5.52. The van der Waals surface area contributed by atoms with E-state index in [0.29, 0.717) is 6.42 Å². The van der Waals surface area contributed by atoms with E-state index in [9.17, 15) is 9.18 Å². The highest BCUT2D eigenvalue weighted by Gasteiger charge is 2.30. The lowest BCUT2D eigenvalue weighted by Crippen LogP contribution is -2.22. The van der Waals surface area contributed by atoms with Gasteiger partial charge in [-0.05, 0) is 30.2 Å². The van der Waals surface area contributed by atoms with Crippen molar-refractivity contribution in [3.8, 4) is 11.1 Å². The van der Waals surface area contributed by atoms with Crippen molar-refractivity contribution in [2.24, 2.45) is 0 Å². The molecule has 0 saturated heterocycles. The molecule has 1 aliphatic heterocycles. The Kier molecular flexibility index (Phi) is 3.69. The van der Waals surface area contributed by atoms with Crippen LogP contribution >= 0.6 is 11.3 Å². The van der Waals surface area contributed by atoms with E-state index in [4.69, 9.17) is 0 Å². The molecule has 0 radical (unpaired) electrons. The van der Waals surface area contributed by atoms with Gasteiger partial charge in [-0.1, -0.05) is 42.0 Å². The second kappa shape index (κ2) is 5.87. The number of nitrogens with one attached hydrogen (secondary N) is 1. The molecule has 2 nitrogen and oxygen atoms in total. The number of hydrogen-bond acceptors (Lipinski definition) is 2. The number of anilines is 1. The molecule has 4 heteroatoms. The molecule has 120 valence electrons. The predicted molar refractivity (Wildman–Crippen MR) is 96.0 cm³/mol. The van der Waals surface area contributed by atoms with Gasteiger partial charge in [-0.25, -0.2) is 4.39 Å². The number of fused-ring (bicyclic) bond motifs is 1. The van der Waals surface area contributed by atoms with Gasteiger partial charge in [0.05, 0.1) is 5.69 Å². The number of hydrogen-bond donors (Lipinski definition) is 1. The third-order valence-electron chi connectivity index (χ3n) is 4.42. The molecule has 1 N–H and O–H groups in total. The first-order valence-corrected chi connectivity index (χ1v) is 8.73. The van der Waals surface area contributed by atoms with Crippen molar-refractivity contribution in [3.63, 3.8) is 0 Å². The van der Waals surface area contributed by atoms with Gasteiger partial charge >= 0.3 is 0 Å². The molecule has 4 rings (SSSR count). The zero-order valence-electron chi connectivity index (χ0n) is 13.2. The lowest BCUT2D eigenvalue weighted by Gasteiger charge is -2.24. The Bertz CT molecular complexity index is 896. The van der Waals surface area contributed by atoms with Crippen LogP contribution in [-0.2, 0) is 4.79 Å². The molecule has 2 heterocycles. The Morgan fingerprint density at radius 3 is 2.50 bits per heavy atom. The molecule has 24 heavy (non-hydrogen) atoms. The topological polar surface area (TPSA) is 29.1 Å². The Morgan fingerprint density at radius 2 is 1.79 bits per heavy atom. The first-order chi connectivity index (χ1) is 11.6. The molecule has 1 aliphatic rings. The first-order valence-electron chi connectivity index (χ1n) is 7.85. The standard InChI is InChI=1S/C20H16FNOS/c1-12-2-4-13(5-3-12)16-10-18(23)22-19-17(11-24-20(16)19)14-6-8-15(21)9-7-14/h2-9,11,16H,10H2,1H3,(H,22,23)/t16-/m0/s1. The summed E-state index contributed by atoms with van der Waals surface area (Å²) in [7, 11) is 0. The lowest BCUT2D eigenvalue weighted by molar-refractivity contribution is -0.116. The first kappa shape index (κ1) is 15.1. The molecular weight excluding hydrogens is 321 g/mol. The molecule has 0 saturated carbocycles. The number of carbonyl (C=O) groups excluding carboxylic acids is 1. The molecule has 2 aromatic carbocycles. The van der Waals surface area contributed by atoms with Crippen LogP contribution in [0.1, 0.15) is 28.3 Å². The van der Waals surface area contributed by atoms with E-state index in [2.05, 4.69) is 36.5 Å². The van der Waals surface area contributed by atoms with Crippen LogP contribution in [0.3, 0.4) is 0 Å². The number of halogens is 1. The fourth-order valence-corrected chi connectivity index (χ4v) is 4.30. The number of amides is 1. The van der Waals surface area contributed by atoms with Crippen molar-refractivity contribution in [1.29, 1.82) is 0 Å². The monoisotopic (exact) mass is 337 g/mol. The maximum Gasteiger partial charge on any atom is 0.225 e. The minimum Gasteiger partial charge on any atom is -0.325 e. The average molecular weight is 337 g/mol. The van der Waals surface area contributed by atoms with Crippen molar-refractivity contribution in [2.45, 2.75) is 19.3 Å². The maximum atomic E-state index is 13.2. The number of carbonyl (C=O) groups is 1. The van der Waals surface area contributed by atoms with Crippen LogP contribution in [0.4, 0.5) is 10.1 Å². The highest BCUT2D eigenvalue weighted by Crippen LogP contribution is 2.46. The van der Waals surface area contributed by atoms with Crippen molar-refractivity contribution in [3.05, 3.63) is 75.7 Å². The molecule has 1 atom stereocenters. The fourth-order valence-electron chi connectivity index (χ4n) is 3.14. The maximum absolute atomic E-state index is 13.2. The van der Waals surface area contributed by atoms with Gasteiger partial charge in [0.1, 0.15) is 5.82 Å². The zero-order chi connectivity index (χ0) is 16.7. The molecule has 0 unspecified atom stereocenters. The van der Waals surface area contributed by atoms with Crippen molar-refractivity contribution < 1.29 is 9.18 Å². The highest BCUT2D eigenvalue weighted by atomic mass is 32.1. The van der Waals surface area contributed by atoms with Gasteiger partial charge in [0.15, 0.2) is 0 Å². The number of aryl methyl sites for hydroxylation is 1. The number of rotatable bonds is 2. The van der Waals surface area contributed by atoms with Gasteiger partial charge in [-0.15, -0.1) is 11.3 Å². The lowest BCUT2D eigenvalue weighted by atomic mass is 9.89. The van der Waals surface area contributed by atoms with Gasteiger partial charge in [0.25, 0.3) is 0 Å². The van der Waals surface area contributed by atoms with Gasteiger partial charge in [0.2, 0.25) is 5.91 Å². The zero-order valence-corrected chi connectivity index (χ0v) is 14.0. The van der Waals surface area contributed by atoms with E-state index in [0.717, 1.165) is 27.3 Å². The summed E-state index contributed by atoms with van der Waals surface area (Å²) in [6.45, 7) is 2.06. The van der Waals surface area contributed by atoms with Crippen molar-refractivity contribution in [1.82, 2.24) is 0 Å². The highest BCUT2D eigenvalue weighted by molar-refractivity contribution is 7.11. The summed E-state index contributed by atoms with van der Waals surface area (Å²) in [5.74, 6) is -0.159. The quantitative estimate of drug-likeness (QED) is 0.672. The minimum atomic E-state index is -0.260. The summed E-state index contributed by atoms with van der Waals surface area (Å²) in [5.41, 5.74) is 5.11. The molecule has 0 spiro atoms.